The van der Waals surface area contributed by atoms with Crippen LogP contribution in [0.3, 0.4) is 0 Å². The summed E-state index contributed by atoms with van der Waals surface area (Å²) >= 11 is 0. The molecule has 1 aliphatic heterocycles. The zero-order chi connectivity index (χ0) is 8.48. The number of ether oxygens (including phenoxy) is 1. The van der Waals surface area contributed by atoms with E-state index >= 15 is 0 Å². The number of alkyl halides is 2. The van der Waals surface area contributed by atoms with Crippen molar-refractivity contribution in [2.45, 2.75) is 26.2 Å². The molecule has 0 saturated carbocycles. The second-order valence-corrected chi connectivity index (χ2v) is 3.39. The first-order valence-corrected chi connectivity index (χ1v) is 4.00. The van der Waals surface area contributed by atoms with Crippen LogP contribution in [-0.2, 0) is 4.74 Å². The zero-order valence-corrected chi connectivity index (χ0v) is 6.94. The van der Waals surface area contributed by atoms with E-state index in [1.54, 1.807) is 13.8 Å². The summed E-state index contributed by atoms with van der Waals surface area (Å²) in [6, 6.07) is 0. The molecule has 0 radical (unpaired) electrons. The molecular formula is C8H14F2O. The van der Waals surface area contributed by atoms with E-state index in [1.165, 1.54) is 0 Å². The molecule has 0 amide bonds. The molecule has 0 bridgehead atoms. The molecule has 1 atom stereocenters. The van der Waals surface area contributed by atoms with Gasteiger partial charge in [-0.15, -0.1) is 0 Å². The van der Waals surface area contributed by atoms with Crippen LogP contribution < -0.4 is 0 Å². The van der Waals surface area contributed by atoms with Crippen molar-refractivity contribution >= 4 is 0 Å². The van der Waals surface area contributed by atoms with E-state index in [0.29, 0.717) is 13.0 Å². The molecule has 1 fully saturated rings. The third kappa shape index (κ3) is 1.70. The summed E-state index contributed by atoms with van der Waals surface area (Å²) in [5.41, 5.74) is 0. The molecule has 1 nitrogen and oxygen atoms in total. The van der Waals surface area contributed by atoms with Gasteiger partial charge in [-0.05, 0) is 6.42 Å². The number of hydrogen-bond donors (Lipinski definition) is 0. The molecular weight excluding hydrogens is 150 g/mol. The Labute approximate surface area is 65.7 Å². The molecule has 0 aromatic carbocycles. The van der Waals surface area contributed by atoms with Gasteiger partial charge >= 0.3 is 0 Å². The lowest BCUT2D eigenvalue weighted by molar-refractivity contribution is -0.0978. The van der Waals surface area contributed by atoms with E-state index < -0.39 is 17.8 Å². The second-order valence-electron chi connectivity index (χ2n) is 3.39. The van der Waals surface area contributed by atoms with E-state index in [1.807, 2.05) is 0 Å². The molecule has 0 aromatic heterocycles. The van der Waals surface area contributed by atoms with Crippen LogP contribution in [0.2, 0.25) is 0 Å². The summed E-state index contributed by atoms with van der Waals surface area (Å²) < 4.78 is 31.3. The molecule has 1 saturated heterocycles. The van der Waals surface area contributed by atoms with Gasteiger partial charge in [0.15, 0.2) is 0 Å². The molecule has 0 spiro atoms. The quantitative estimate of drug-likeness (QED) is 0.608. The van der Waals surface area contributed by atoms with Gasteiger partial charge in [0.25, 0.3) is 5.92 Å². The summed E-state index contributed by atoms with van der Waals surface area (Å²) in [4.78, 5) is 0. The van der Waals surface area contributed by atoms with Gasteiger partial charge in [0, 0.05) is 18.4 Å². The molecule has 1 unspecified atom stereocenters. The van der Waals surface area contributed by atoms with Crippen LogP contribution in [-0.4, -0.2) is 19.1 Å². The lowest BCUT2D eigenvalue weighted by atomic mass is 9.91. The lowest BCUT2D eigenvalue weighted by Crippen LogP contribution is -2.34. The van der Waals surface area contributed by atoms with Crippen LogP contribution in [0.25, 0.3) is 0 Å². The Hall–Kier alpha value is -0.180. The van der Waals surface area contributed by atoms with Crippen molar-refractivity contribution in [1.82, 2.24) is 0 Å². The fraction of sp³-hybridized carbons (Fsp3) is 1.00. The van der Waals surface area contributed by atoms with E-state index in [4.69, 9.17) is 4.74 Å². The SMILES string of the molecule is CC(C)C(F)(F)C1CCOC1. The number of rotatable bonds is 2. The highest BCUT2D eigenvalue weighted by atomic mass is 19.3. The lowest BCUT2D eigenvalue weighted by Gasteiger charge is -2.25. The summed E-state index contributed by atoms with van der Waals surface area (Å²) in [5, 5.41) is 0. The van der Waals surface area contributed by atoms with Crippen molar-refractivity contribution in [3.63, 3.8) is 0 Å². The van der Waals surface area contributed by atoms with Crippen LogP contribution in [0.5, 0.6) is 0 Å². The van der Waals surface area contributed by atoms with E-state index in [2.05, 4.69) is 0 Å². The van der Waals surface area contributed by atoms with E-state index in [-0.39, 0.29) is 6.61 Å². The second kappa shape index (κ2) is 3.05. The molecule has 66 valence electrons. The Balaban J connectivity index is 2.55. The van der Waals surface area contributed by atoms with E-state index in [0.717, 1.165) is 0 Å². The molecule has 0 N–H and O–H groups in total. The number of hydrogen-bond acceptors (Lipinski definition) is 1. The normalized spacial score (nSPS) is 26.5. The smallest absolute Gasteiger partial charge is 0.255 e. The van der Waals surface area contributed by atoms with E-state index in [9.17, 15) is 8.78 Å². The Morgan fingerprint density at radius 3 is 2.45 bits per heavy atom. The highest BCUT2D eigenvalue weighted by molar-refractivity contribution is 4.82. The van der Waals surface area contributed by atoms with Crippen molar-refractivity contribution in [3.05, 3.63) is 0 Å². The maximum atomic E-state index is 13.2. The third-order valence-corrected chi connectivity index (χ3v) is 2.24. The predicted molar refractivity (Wildman–Crippen MR) is 38.7 cm³/mol. The molecule has 1 heterocycles. The zero-order valence-electron chi connectivity index (χ0n) is 6.94. The Morgan fingerprint density at radius 2 is 2.09 bits per heavy atom. The van der Waals surface area contributed by atoms with Crippen molar-refractivity contribution in [1.29, 1.82) is 0 Å². The summed E-state index contributed by atoms with van der Waals surface area (Å²) in [5.74, 6) is -3.67. The van der Waals surface area contributed by atoms with Crippen molar-refractivity contribution in [2.24, 2.45) is 11.8 Å². The minimum atomic E-state index is -2.55. The van der Waals surface area contributed by atoms with Crippen LogP contribution in [0, 0.1) is 11.8 Å². The molecule has 11 heavy (non-hydrogen) atoms. The Bertz CT molecular complexity index is 128. The van der Waals surface area contributed by atoms with Gasteiger partial charge in [-0.2, -0.15) is 0 Å². The minimum Gasteiger partial charge on any atom is -0.381 e. The Kier molecular flexibility index (Phi) is 2.47. The topological polar surface area (TPSA) is 9.23 Å². The summed E-state index contributed by atoms with van der Waals surface area (Å²) in [7, 11) is 0. The van der Waals surface area contributed by atoms with Gasteiger partial charge in [-0.3, -0.25) is 0 Å². The standard InChI is InChI=1S/C8H14F2O/c1-6(2)8(9,10)7-3-4-11-5-7/h6-7H,3-5H2,1-2H3. The van der Waals surface area contributed by atoms with Gasteiger partial charge in [0.2, 0.25) is 0 Å². The summed E-state index contributed by atoms with van der Waals surface area (Å²) in [6.07, 6.45) is 0.505. The fourth-order valence-corrected chi connectivity index (χ4v) is 1.31. The van der Waals surface area contributed by atoms with Crippen LogP contribution in [0.15, 0.2) is 0 Å². The highest BCUT2D eigenvalue weighted by Gasteiger charge is 2.44. The molecule has 0 aromatic rings. The van der Waals surface area contributed by atoms with Crippen molar-refractivity contribution < 1.29 is 13.5 Å². The molecule has 0 aliphatic carbocycles. The van der Waals surface area contributed by atoms with Gasteiger partial charge in [0.05, 0.1) is 6.61 Å². The van der Waals surface area contributed by atoms with Crippen molar-refractivity contribution in [3.8, 4) is 0 Å². The Morgan fingerprint density at radius 1 is 1.45 bits per heavy atom. The monoisotopic (exact) mass is 164 g/mol. The predicted octanol–water partition coefficient (Wildman–Crippen LogP) is 2.31. The van der Waals surface area contributed by atoms with Gasteiger partial charge in [0.1, 0.15) is 0 Å². The number of halogens is 2. The van der Waals surface area contributed by atoms with Crippen LogP contribution in [0.1, 0.15) is 20.3 Å². The summed E-state index contributed by atoms with van der Waals surface area (Å²) in [6.45, 7) is 3.83. The minimum absolute atomic E-state index is 0.227. The first-order chi connectivity index (χ1) is 5.05. The molecule has 1 aliphatic rings. The fourth-order valence-electron chi connectivity index (χ4n) is 1.31. The van der Waals surface area contributed by atoms with Gasteiger partial charge < -0.3 is 4.74 Å². The maximum absolute atomic E-state index is 13.2. The van der Waals surface area contributed by atoms with Gasteiger partial charge in [-0.25, -0.2) is 8.78 Å². The average Bonchev–Trinajstić information content (AvgIpc) is 2.37. The van der Waals surface area contributed by atoms with Crippen LogP contribution in [0.4, 0.5) is 8.78 Å². The first kappa shape index (κ1) is 8.91. The van der Waals surface area contributed by atoms with Gasteiger partial charge in [-0.1, -0.05) is 13.8 Å². The third-order valence-electron chi connectivity index (χ3n) is 2.24. The molecule has 3 heteroatoms. The van der Waals surface area contributed by atoms with Crippen molar-refractivity contribution in [2.75, 3.05) is 13.2 Å². The maximum Gasteiger partial charge on any atom is 0.255 e. The highest BCUT2D eigenvalue weighted by Crippen LogP contribution is 2.36. The molecule has 1 rings (SSSR count). The largest absolute Gasteiger partial charge is 0.381 e. The van der Waals surface area contributed by atoms with Crippen LogP contribution >= 0.6 is 0 Å². The average molecular weight is 164 g/mol. The first-order valence-electron chi connectivity index (χ1n) is 4.00.